The molecule has 0 aliphatic rings. The molecule has 3 aromatic heterocycles. The van der Waals surface area contributed by atoms with Crippen LogP contribution in [0.4, 0.5) is 0 Å². The van der Waals surface area contributed by atoms with Gasteiger partial charge in [-0.15, -0.1) is 0 Å². The minimum atomic E-state index is 0.448. The first-order valence-electron chi connectivity index (χ1n) is 10.1. The summed E-state index contributed by atoms with van der Waals surface area (Å²) in [6.45, 7) is 10.7. The molecule has 0 saturated heterocycles. The van der Waals surface area contributed by atoms with Crippen LogP contribution in [-0.2, 0) is 0 Å². The van der Waals surface area contributed by atoms with Crippen molar-refractivity contribution < 1.29 is 4.42 Å². The Kier molecular flexibility index (Phi) is 3.95. The van der Waals surface area contributed by atoms with Gasteiger partial charge in [0.15, 0.2) is 0 Å². The molecule has 5 rings (SSSR count). The summed E-state index contributed by atoms with van der Waals surface area (Å²) in [5.74, 6) is 0.448. The quantitative estimate of drug-likeness (QED) is 0.324. The van der Waals surface area contributed by atoms with Crippen LogP contribution in [0.3, 0.4) is 0 Å². The molecule has 0 fully saturated rings. The van der Waals surface area contributed by atoms with Gasteiger partial charge in [-0.25, -0.2) is 4.98 Å². The Hall–Kier alpha value is -3.20. The SMILES string of the molecule is Cc1cc(-c2nc(C)cc3c(C(C)C)cccc23)c2oc3nc(C)ccc3c2c1. The summed E-state index contributed by atoms with van der Waals surface area (Å²) in [5.41, 5.74) is 8.06. The summed E-state index contributed by atoms with van der Waals surface area (Å²) in [5, 5.41) is 4.58. The second-order valence-electron chi connectivity index (χ2n) is 8.31. The van der Waals surface area contributed by atoms with Crippen molar-refractivity contribution in [2.24, 2.45) is 0 Å². The first-order chi connectivity index (χ1) is 13.9. The van der Waals surface area contributed by atoms with Crippen LogP contribution in [0, 0.1) is 20.8 Å². The first kappa shape index (κ1) is 17.9. The number of aromatic nitrogens is 2. The number of benzene rings is 2. The van der Waals surface area contributed by atoms with Gasteiger partial charge in [-0.1, -0.05) is 32.0 Å². The van der Waals surface area contributed by atoms with Gasteiger partial charge in [0, 0.05) is 33.1 Å². The van der Waals surface area contributed by atoms with Crippen LogP contribution in [0.15, 0.2) is 52.9 Å². The van der Waals surface area contributed by atoms with Crippen LogP contribution in [0.1, 0.15) is 42.3 Å². The van der Waals surface area contributed by atoms with E-state index in [4.69, 9.17) is 9.40 Å². The van der Waals surface area contributed by atoms with E-state index in [1.807, 2.05) is 13.0 Å². The van der Waals surface area contributed by atoms with Crippen LogP contribution in [0.25, 0.3) is 44.1 Å². The molecular weight excluding hydrogens is 356 g/mol. The fourth-order valence-electron chi connectivity index (χ4n) is 4.31. The van der Waals surface area contributed by atoms with Crippen molar-refractivity contribution in [2.45, 2.75) is 40.5 Å². The van der Waals surface area contributed by atoms with Crippen LogP contribution in [0.5, 0.6) is 0 Å². The Balaban J connectivity index is 1.92. The van der Waals surface area contributed by atoms with Gasteiger partial charge >= 0.3 is 0 Å². The lowest BCUT2D eigenvalue weighted by atomic mass is 9.93. The lowest BCUT2D eigenvalue weighted by molar-refractivity contribution is 0.653. The molecule has 0 radical (unpaired) electrons. The standard InChI is InChI=1S/C26H24N2O/c1-14(2)18-7-6-8-19-21(18)13-17(5)27-24(19)23-12-15(3)11-22-20-10-9-16(4)28-26(20)29-25(22)23/h6-14H,1-5H3. The Morgan fingerprint density at radius 2 is 1.59 bits per heavy atom. The third-order valence-corrected chi connectivity index (χ3v) is 5.64. The van der Waals surface area contributed by atoms with Gasteiger partial charge in [0.2, 0.25) is 5.71 Å². The van der Waals surface area contributed by atoms with E-state index in [2.05, 4.69) is 75.1 Å². The van der Waals surface area contributed by atoms with Crippen LogP contribution in [-0.4, -0.2) is 9.97 Å². The predicted octanol–water partition coefficient (Wildman–Crippen LogP) is 7.24. The Bertz CT molecular complexity index is 1410. The Morgan fingerprint density at radius 1 is 0.759 bits per heavy atom. The maximum absolute atomic E-state index is 6.29. The van der Waals surface area contributed by atoms with Crippen molar-refractivity contribution in [1.82, 2.24) is 9.97 Å². The van der Waals surface area contributed by atoms with Crippen LogP contribution < -0.4 is 0 Å². The zero-order valence-corrected chi connectivity index (χ0v) is 17.5. The topological polar surface area (TPSA) is 38.9 Å². The maximum atomic E-state index is 6.29. The lowest BCUT2D eigenvalue weighted by Gasteiger charge is -2.14. The third-order valence-electron chi connectivity index (χ3n) is 5.64. The van der Waals surface area contributed by atoms with E-state index in [1.54, 1.807) is 0 Å². The zero-order chi connectivity index (χ0) is 20.3. The van der Waals surface area contributed by atoms with Gasteiger partial charge in [0.25, 0.3) is 0 Å². The number of fused-ring (bicyclic) bond motifs is 4. The summed E-state index contributed by atoms with van der Waals surface area (Å²) in [7, 11) is 0. The zero-order valence-electron chi connectivity index (χ0n) is 17.5. The second-order valence-corrected chi connectivity index (χ2v) is 8.31. The predicted molar refractivity (Wildman–Crippen MR) is 121 cm³/mol. The van der Waals surface area contributed by atoms with Gasteiger partial charge in [-0.3, -0.25) is 4.98 Å². The summed E-state index contributed by atoms with van der Waals surface area (Å²) in [6.07, 6.45) is 0. The highest BCUT2D eigenvalue weighted by Gasteiger charge is 2.18. The number of aryl methyl sites for hydroxylation is 3. The van der Waals surface area contributed by atoms with Gasteiger partial charge in [-0.2, -0.15) is 0 Å². The molecule has 29 heavy (non-hydrogen) atoms. The molecule has 3 nitrogen and oxygen atoms in total. The number of pyridine rings is 2. The average molecular weight is 380 g/mol. The van der Waals surface area contributed by atoms with Crippen molar-refractivity contribution in [3.8, 4) is 11.3 Å². The number of rotatable bonds is 2. The van der Waals surface area contributed by atoms with E-state index in [0.29, 0.717) is 11.6 Å². The molecule has 0 bridgehead atoms. The van der Waals surface area contributed by atoms with E-state index in [9.17, 15) is 0 Å². The smallest absolute Gasteiger partial charge is 0.227 e. The van der Waals surface area contributed by atoms with Gasteiger partial charge in [0.05, 0.1) is 5.69 Å². The third kappa shape index (κ3) is 2.80. The molecule has 0 saturated carbocycles. The molecule has 0 unspecified atom stereocenters. The van der Waals surface area contributed by atoms with E-state index in [-0.39, 0.29) is 0 Å². The van der Waals surface area contributed by atoms with Crippen molar-refractivity contribution in [1.29, 1.82) is 0 Å². The average Bonchev–Trinajstić information content (AvgIpc) is 3.03. The number of nitrogens with zero attached hydrogens (tertiary/aromatic N) is 2. The minimum Gasteiger partial charge on any atom is -0.437 e. The molecule has 144 valence electrons. The molecule has 0 atom stereocenters. The molecule has 0 aliphatic carbocycles. The second kappa shape index (κ2) is 6.41. The van der Waals surface area contributed by atoms with Crippen LogP contribution in [0.2, 0.25) is 0 Å². The van der Waals surface area contributed by atoms with Gasteiger partial charge < -0.3 is 4.42 Å². The normalized spacial score (nSPS) is 11.9. The molecular formula is C26H24N2O. The molecule has 2 aromatic carbocycles. The van der Waals surface area contributed by atoms with E-state index in [1.165, 1.54) is 21.9 Å². The molecule has 5 aromatic rings. The first-order valence-corrected chi connectivity index (χ1v) is 10.1. The van der Waals surface area contributed by atoms with E-state index in [0.717, 1.165) is 39.0 Å². The highest BCUT2D eigenvalue weighted by molar-refractivity contribution is 6.11. The van der Waals surface area contributed by atoms with E-state index < -0.39 is 0 Å². The minimum absolute atomic E-state index is 0.448. The highest BCUT2D eigenvalue weighted by Crippen LogP contribution is 2.39. The molecule has 0 spiro atoms. The highest BCUT2D eigenvalue weighted by atomic mass is 16.3. The summed E-state index contributed by atoms with van der Waals surface area (Å²) < 4.78 is 6.29. The van der Waals surface area contributed by atoms with Gasteiger partial charge in [-0.05, 0) is 73.5 Å². The van der Waals surface area contributed by atoms with Crippen molar-refractivity contribution in [2.75, 3.05) is 0 Å². The number of hydrogen-bond donors (Lipinski definition) is 0. The fourth-order valence-corrected chi connectivity index (χ4v) is 4.31. The summed E-state index contributed by atoms with van der Waals surface area (Å²) in [6, 6.07) is 17.2. The van der Waals surface area contributed by atoms with Crippen LogP contribution >= 0.6 is 0 Å². The largest absolute Gasteiger partial charge is 0.437 e. The Morgan fingerprint density at radius 3 is 2.38 bits per heavy atom. The van der Waals surface area contributed by atoms with E-state index >= 15 is 0 Å². The lowest BCUT2D eigenvalue weighted by Crippen LogP contribution is -1.95. The van der Waals surface area contributed by atoms with Crippen molar-refractivity contribution in [3.63, 3.8) is 0 Å². The fraction of sp³-hybridized carbons (Fsp3) is 0.231. The number of furan rings is 1. The van der Waals surface area contributed by atoms with Gasteiger partial charge in [0.1, 0.15) is 5.58 Å². The molecule has 3 heteroatoms. The monoisotopic (exact) mass is 380 g/mol. The molecule has 3 heterocycles. The maximum Gasteiger partial charge on any atom is 0.227 e. The Labute approximate surface area is 170 Å². The summed E-state index contributed by atoms with van der Waals surface area (Å²) in [4.78, 5) is 9.58. The van der Waals surface area contributed by atoms with Crippen molar-refractivity contribution >= 4 is 32.8 Å². The molecule has 0 amide bonds. The molecule has 0 aliphatic heterocycles. The van der Waals surface area contributed by atoms with Crippen molar-refractivity contribution in [3.05, 3.63) is 71.0 Å². The number of hydrogen-bond acceptors (Lipinski definition) is 3. The summed E-state index contributed by atoms with van der Waals surface area (Å²) >= 11 is 0. The molecule has 0 N–H and O–H groups in total.